The topological polar surface area (TPSA) is 52.7 Å². The van der Waals surface area contributed by atoms with Crippen molar-refractivity contribution < 1.29 is 14.0 Å². The molecule has 0 saturated carbocycles. The van der Waals surface area contributed by atoms with Gasteiger partial charge in [0.15, 0.2) is 0 Å². The van der Waals surface area contributed by atoms with Crippen molar-refractivity contribution in [3.63, 3.8) is 0 Å². The molecular formula is C18H23ClFN3O2. The molecule has 2 saturated heterocycles. The fourth-order valence-electron chi connectivity index (χ4n) is 3.47. The van der Waals surface area contributed by atoms with Gasteiger partial charge in [-0.25, -0.2) is 4.39 Å². The van der Waals surface area contributed by atoms with E-state index in [9.17, 15) is 14.0 Å². The lowest BCUT2D eigenvalue weighted by Gasteiger charge is -2.35. The molecule has 25 heavy (non-hydrogen) atoms. The van der Waals surface area contributed by atoms with Gasteiger partial charge in [0, 0.05) is 32.6 Å². The van der Waals surface area contributed by atoms with Crippen molar-refractivity contribution >= 4 is 23.4 Å². The Balaban J connectivity index is 1.51. The zero-order chi connectivity index (χ0) is 17.8. The van der Waals surface area contributed by atoms with Crippen molar-refractivity contribution in [2.75, 3.05) is 39.3 Å². The summed E-state index contributed by atoms with van der Waals surface area (Å²) in [6.07, 6.45) is 2.61. The van der Waals surface area contributed by atoms with Gasteiger partial charge in [-0.1, -0.05) is 17.7 Å². The minimum absolute atomic E-state index is 0.0855. The first-order valence-corrected chi connectivity index (χ1v) is 9.16. The fourth-order valence-corrected chi connectivity index (χ4v) is 3.71. The fraction of sp³-hybridized carbons (Fsp3) is 0.556. The van der Waals surface area contributed by atoms with E-state index in [2.05, 4.69) is 5.32 Å². The van der Waals surface area contributed by atoms with Crippen LogP contribution in [0.1, 0.15) is 29.6 Å². The Kier molecular flexibility index (Phi) is 5.91. The summed E-state index contributed by atoms with van der Waals surface area (Å²) in [4.78, 5) is 28.2. The highest BCUT2D eigenvalue weighted by Gasteiger charge is 2.28. The predicted molar refractivity (Wildman–Crippen MR) is 94.1 cm³/mol. The van der Waals surface area contributed by atoms with Gasteiger partial charge in [-0.2, -0.15) is 0 Å². The van der Waals surface area contributed by atoms with E-state index in [1.54, 1.807) is 9.80 Å². The maximum atomic E-state index is 13.9. The summed E-state index contributed by atoms with van der Waals surface area (Å²) in [5.41, 5.74) is -0.0855. The summed E-state index contributed by atoms with van der Waals surface area (Å²) >= 11 is 5.97. The molecule has 0 spiro atoms. The molecule has 1 aromatic carbocycles. The number of carbonyl (C=O) groups excluding carboxylic acids is 2. The van der Waals surface area contributed by atoms with Crippen LogP contribution in [0.5, 0.6) is 0 Å². The summed E-state index contributed by atoms with van der Waals surface area (Å²) in [5.74, 6) is -0.286. The SMILES string of the molecule is O=C(CCC1CCNC1)N1CCN(C(=O)c2c(F)cccc2Cl)CC1. The lowest BCUT2D eigenvalue weighted by atomic mass is 10.0. The second-order valence-electron chi connectivity index (χ2n) is 6.67. The standard InChI is InChI=1S/C18H23ClFN3O2/c19-14-2-1-3-15(20)17(14)18(25)23-10-8-22(9-11-23)16(24)5-4-13-6-7-21-12-13/h1-3,13,21H,4-12H2. The van der Waals surface area contributed by atoms with Crippen molar-refractivity contribution in [1.29, 1.82) is 0 Å². The van der Waals surface area contributed by atoms with Crippen LogP contribution in [-0.2, 0) is 4.79 Å². The summed E-state index contributed by atoms with van der Waals surface area (Å²) < 4.78 is 13.9. The highest BCUT2D eigenvalue weighted by atomic mass is 35.5. The Labute approximate surface area is 152 Å². The minimum Gasteiger partial charge on any atom is -0.339 e. The first-order chi connectivity index (χ1) is 12.1. The van der Waals surface area contributed by atoms with E-state index >= 15 is 0 Å². The molecule has 2 aliphatic rings. The van der Waals surface area contributed by atoms with Crippen molar-refractivity contribution in [2.24, 2.45) is 5.92 Å². The molecule has 0 aromatic heterocycles. The van der Waals surface area contributed by atoms with Crippen LogP contribution in [0.15, 0.2) is 18.2 Å². The molecule has 2 fully saturated rings. The van der Waals surface area contributed by atoms with Gasteiger partial charge in [0.1, 0.15) is 5.82 Å². The summed E-state index contributed by atoms with van der Waals surface area (Å²) in [7, 11) is 0. The monoisotopic (exact) mass is 367 g/mol. The van der Waals surface area contributed by atoms with Crippen LogP contribution in [-0.4, -0.2) is 60.9 Å². The van der Waals surface area contributed by atoms with Crippen LogP contribution < -0.4 is 5.32 Å². The third-order valence-electron chi connectivity index (χ3n) is 5.03. The van der Waals surface area contributed by atoms with Gasteiger partial charge in [0.2, 0.25) is 5.91 Å². The molecule has 2 heterocycles. The molecule has 136 valence electrons. The number of rotatable bonds is 4. The van der Waals surface area contributed by atoms with Crippen LogP contribution in [0.25, 0.3) is 0 Å². The largest absolute Gasteiger partial charge is 0.339 e. The normalized spacial score (nSPS) is 20.8. The Morgan fingerprint density at radius 2 is 1.92 bits per heavy atom. The second-order valence-corrected chi connectivity index (χ2v) is 7.07. The number of nitrogens with one attached hydrogen (secondary N) is 1. The van der Waals surface area contributed by atoms with Crippen LogP contribution in [0, 0.1) is 11.7 Å². The van der Waals surface area contributed by atoms with E-state index in [4.69, 9.17) is 11.6 Å². The third-order valence-corrected chi connectivity index (χ3v) is 5.34. The van der Waals surface area contributed by atoms with Crippen LogP contribution in [0.3, 0.4) is 0 Å². The van der Waals surface area contributed by atoms with Crippen molar-refractivity contribution in [2.45, 2.75) is 19.3 Å². The van der Waals surface area contributed by atoms with E-state index in [1.807, 2.05) is 0 Å². The summed E-state index contributed by atoms with van der Waals surface area (Å²) in [6, 6.07) is 4.22. The Bertz CT molecular complexity index is 621. The van der Waals surface area contributed by atoms with Gasteiger partial charge >= 0.3 is 0 Å². The molecule has 7 heteroatoms. The first-order valence-electron chi connectivity index (χ1n) is 8.78. The molecule has 1 aromatic rings. The molecule has 0 aliphatic carbocycles. The van der Waals surface area contributed by atoms with Gasteiger partial charge in [0.25, 0.3) is 5.91 Å². The second kappa shape index (κ2) is 8.15. The zero-order valence-electron chi connectivity index (χ0n) is 14.1. The molecule has 2 amide bonds. The quantitative estimate of drug-likeness (QED) is 0.887. The molecule has 0 bridgehead atoms. The number of piperazine rings is 1. The number of halogens is 2. The Morgan fingerprint density at radius 3 is 2.56 bits per heavy atom. The number of carbonyl (C=O) groups is 2. The van der Waals surface area contributed by atoms with Crippen LogP contribution in [0.4, 0.5) is 4.39 Å². The summed E-state index contributed by atoms with van der Waals surface area (Å²) in [6.45, 7) is 3.82. The van der Waals surface area contributed by atoms with Gasteiger partial charge in [-0.05, 0) is 44.0 Å². The van der Waals surface area contributed by atoms with Crippen molar-refractivity contribution in [3.8, 4) is 0 Å². The lowest BCUT2D eigenvalue weighted by Crippen LogP contribution is -2.50. The first kappa shape index (κ1) is 18.1. The average molecular weight is 368 g/mol. The molecule has 1 unspecified atom stereocenters. The number of hydrogen-bond donors (Lipinski definition) is 1. The van der Waals surface area contributed by atoms with Gasteiger partial charge in [0.05, 0.1) is 10.6 Å². The number of benzene rings is 1. The smallest absolute Gasteiger partial charge is 0.258 e. The predicted octanol–water partition coefficient (Wildman–Crippen LogP) is 2.15. The summed E-state index contributed by atoms with van der Waals surface area (Å²) in [5, 5.41) is 3.43. The van der Waals surface area contributed by atoms with Crippen molar-refractivity contribution in [1.82, 2.24) is 15.1 Å². The number of hydrogen-bond acceptors (Lipinski definition) is 3. The van der Waals surface area contributed by atoms with E-state index in [0.717, 1.165) is 25.9 Å². The Hall–Kier alpha value is -1.66. The van der Waals surface area contributed by atoms with Crippen molar-refractivity contribution in [3.05, 3.63) is 34.6 Å². The van der Waals surface area contributed by atoms with Crippen LogP contribution >= 0.6 is 11.6 Å². The van der Waals surface area contributed by atoms with E-state index in [1.165, 1.54) is 18.2 Å². The van der Waals surface area contributed by atoms with E-state index < -0.39 is 11.7 Å². The average Bonchev–Trinajstić information content (AvgIpc) is 3.13. The number of nitrogens with zero attached hydrogens (tertiary/aromatic N) is 2. The Morgan fingerprint density at radius 1 is 1.20 bits per heavy atom. The minimum atomic E-state index is -0.610. The maximum Gasteiger partial charge on any atom is 0.258 e. The van der Waals surface area contributed by atoms with Gasteiger partial charge < -0.3 is 15.1 Å². The van der Waals surface area contributed by atoms with Gasteiger partial charge in [-0.3, -0.25) is 9.59 Å². The molecular weight excluding hydrogens is 345 g/mol. The highest BCUT2D eigenvalue weighted by Crippen LogP contribution is 2.22. The van der Waals surface area contributed by atoms with E-state index in [-0.39, 0.29) is 16.5 Å². The maximum absolute atomic E-state index is 13.9. The molecule has 0 radical (unpaired) electrons. The molecule has 3 rings (SSSR count). The highest BCUT2D eigenvalue weighted by molar-refractivity contribution is 6.33. The zero-order valence-corrected chi connectivity index (χ0v) is 14.9. The number of amides is 2. The third kappa shape index (κ3) is 4.30. The van der Waals surface area contributed by atoms with Crippen LogP contribution in [0.2, 0.25) is 5.02 Å². The molecule has 5 nitrogen and oxygen atoms in total. The molecule has 2 aliphatic heterocycles. The molecule has 1 N–H and O–H groups in total. The van der Waals surface area contributed by atoms with E-state index in [0.29, 0.717) is 38.5 Å². The molecule has 1 atom stereocenters. The van der Waals surface area contributed by atoms with Gasteiger partial charge in [-0.15, -0.1) is 0 Å². The lowest BCUT2D eigenvalue weighted by molar-refractivity contribution is -0.132.